The maximum Gasteiger partial charge on any atom is 0.257 e. The molecule has 1 aromatic carbocycles. The number of nitrogens with zero attached hydrogens (tertiary/aromatic N) is 2. The third kappa shape index (κ3) is 1.93. The second-order valence-electron chi connectivity index (χ2n) is 4.27. The third-order valence-corrected chi connectivity index (χ3v) is 3.75. The maximum atomic E-state index is 12.4. The van der Waals surface area contributed by atoms with Gasteiger partial charge in [-0.15, -0.1) is 0 Å². The molecular weight excluding hydrogens is 292 g/mol. The Balaban J connectivity index is 1.87. The average molecular weight is 303 g/mol. The zero-order valence-corrected chi connectivity index (χ0v) is 11.2. The van der Waals surface area contributed by atoms with Crippen molar-refractivity contribution in [2.45, 2.75) is 13.1 Å². The van der Waals surface area contributed by atoms with Crippen LogP contribution in [0.5, 0.6) is 0 Å². The largest absolute Gasteiger partial charge is 0.330 e. The summed E-state index contributed by atoms with van der Waals surface area (Å²) in [5.41, 5.74) is 3.07. The molecule has 1 amide bonds. The van der Waals surface area contributed by atoms with E-state index in [0.29, 0.717) is 23.3 Å². The number of fused-ring (bicyclic) bond motifs is 1. The van der Waals surface area contributed by atoms with E-state index in [0.717, 1.165) is 0 Å². The number of amides is 1. The SMILES string of the molecule is O=C(c1cccnc1Br)N1Cc2ccccc2C1. The minimum atomic E-state index is 0.0196. The Morgan fingerprint density at radius 3 is 2.39 bits per heavy atom. The Bertz CT molecular complexity index is 587. The average Bonchev–Trinajstić information content (AvgIpc) is 2.82. The Hall–Kier alpha value is -1.68. The Kier molecular flexibility index (Phi) is 2.88. The molecule has 18 heavy (non-hydrogen) atoms. The highest BCUT2D eigenvalue weighted by Gasteiger charge is 2.25. The van der Waals surface area contributed by atoms with Crippen LogP contribution in [0.25, 0.3) is 0 Å². The van der Waals surface area contributed by atoms with Crippen LogP contribution in [-0.2, 0) is 13.1 Å². The first-order chi connectivity index (χ1) is 8.75. The van der Waals surface area contributed by atoms with Crippen LogP contribution in [0, 0.1) is 0 Å². The van der Waals surface area contributed by atoms with Crippen molar-refractivity contribution in [2.75, 3.05) is 0 Å². The molecule has 0 radical (unpaired) electrons. The first kappa shape index (κ1) is 11.4. The molecule has 0 unspecified atom stereocenters. The van der Waals surface area contributed by atoms with Crippen molar-refractivity contribution in [3.8, 4) is 0 Å². The quantitative estimate of drug-likeness (QED) is 0.759. The molecule has 2 heterocycles. The Morgan fingerprint density at radius 2 is 1.78 bits per heavy atom. The van der Waals surface area contributed by atoms with E-state index in [1.165, 1.54) is 11.1 Å². The summed E-state index contributed by atoms with van der Waals surface area (Å²) in [7, 11) is 0. The monoisotopic (exact) mass is 302 g/mol. The van der Waals surface area contributed by atoms with Gasteiger partial charge in [0.2, 0.25) is 0 Å². The van der Waals surface area contributed by atoms with E-state index in [2.05, 4.69) is 33.0 Å². The van der Waals surface area contributed by atoms with Gasteiger partial charge in [-0.25, -0.2) is 4.98 Å². The van der Waals surface area contributed by atoms with Crippen LogP contribution in [0.15, 0.2) is 47.2 Å². The molecule has 0 N–H and O–H groups in total. The van der Waals surface area contributed by atoms with E-state index in [1.54, 1.807) is 18.3 Å². The number of aromatic nitrogens is 1. The first-order valence-corrected chi connectivity index (χ1v) is 6.51. The number of halogens is 1. The first-order valence-electron chi connectivity index (χ1n) is 5.72. The van der Waals surface area contributed by atoms with Crippen molar-refractivity contribution in [1.82, 2.24) is 9.88 Å². The molecule has 3 nitrogen and oxygen atoms in total. The molecular formula is C14H11BrN2O. The highest BCUT2D eigenvalue weighted by Crippen LogP contribution is 2.25. The highest BCUT2D eigenvalue weighted by atomic mass is 79.9. The number of pyridine rings is 1. The van der Waals surface area contributed by atoms with Crippen LogP contribution < -0.4 is 0 Å². The molecule has 3 rings (SSSR count). The number of benzene rings is 1. The molecule has 90 valence electrons. The van der Waals surface area contributed by atoms with Crippen molar-refractivity contribution < 1.29 is 4.79 Å². The Morgan fingerprint density at radius 1 is 1.11 bits per heavy atom. The van der Waals surface area contributed by atoms with Gasteiger partial charge >= 0.3 is 0 Å². The van der Waals surface area contributed by atoms with Crippen molar-refractivity contribution >= 4 is 21.8 Å². The lowest BCUT2D eigenvalue weighted by atomic mass is 10.1. The van der Waals surface area contributed by atoms with E-state index in [4.69, 9.17) is 0 Å². The third-order valence-electron chi connectivity index (χ3n) is 3.12. The summed E-state index contributed by atoms with van der Waals surface area (Å²) in [4.78, 5) is 18.3. The number of carbonyl (C=O) groups is 1. The highest BCUT2D eigenvalue weighted by molar-refractivity contribution is 9.10. The fourth-order valence-electron chi connectivity index (χ4n) is 2.19. The topological polar surface area (TPSA) is 33.2 Å². The fourth-order valence-corrected chi connectivity index (χ4v) is 2.61. The number of hydrogen-bond donors (Lipinski definition) is 0. The van der Waals surface area contributed by atoms with Crippen LogP contribution in [-0.4, -0.2) is 15.8 Å². The lowest BCUT2D eigenvalue weighted by Gasteiger charge is -2.15. The second kappa shape index (κ2) is 4.53. The number of carbonyl (C=O) groups excluding carboxylic acids is 1. The molecule has 0 aliphatic carbocycles. The zero-order chi connectivity index (χ0) is 12.5. The molecule has 0 bridgehead atoms. The molecule has 0 atom stereocenters. The summed E-state index contributed by atoms with van der Waals surface area (Å²) < 4.78 is 0.603. The minimum Gasteiger partial charge on any atom is -0.330 e. The lowest BCUT2D eigenvalue weighted by Crippen LogP contribution is -2.25. The van der Waals surface area contributed by atoms with Gasteiger partial charge in [0, 0.05) is 19.3 Å². The molecule has 1 aromatic heterocycles. The molecule has 2 aromatic rings. The van der Waals surface area contributed by atoms with Crippen LogP contribution >= 0.6 is 15.9 Å². The van der Waals surface area contributed by atoms with Crippen molar-refractivity contribution in [2.24, 2.45) is 0 Å². The molecule has 0 saturated carbocycles. The van der Waals surface area contributed by atoms with Gasteiger partial charge in [-0.3, -0.25) is 4.79 Å². The van der Waals surface area contributed by atoms with E-state index in [9.17, 15) is 4.79 Å². The molecule has 4 heteroatoms. The molecule has 0 spiro atoms. The number of rotatable bonds is 1. The lowest BCUT2D eigenvalue weighted by molar-refractivity contribution is 0.0750. The molecule has 1 aliphatic rings. The zero-order valence-electron chi connectivity index (χ0n) is 9.64. The van der Waals surface area contributed by atoms with Gasteiger partial charge in [-0.2, -0.15) is 0 Å². The van der Waals surface area contributed by atoms with E-state index >= 15 is 0 Å². The Labute approximate surface area is 114 Å². The molecule has 0 fully saturated rings. The summed E-state index contributed by atoms with van der Waals surface area (Å²) >= 11 is 3.32. The van der Waals surface area contributed by atoms with Crippen LogP contribution in [0.1, 0.15) is 21.5 Å². The van der Waals surface area contributed by atoms with Gasteiger partial charge in [0.05, 0.1) is 5.56 Å². The maximum absolute atomic E-state index is 12.4. The summed E-state index contributed by atoms with van der Waals surface area (Å²) in [5, 5.41) is 0. The van der Waals surface area contributed by atoms with Crippen LogP contribution in [0.4, 0.5) is 0 Å². The summed E-state index contributed by atoms with van der Waals surface area (Å²) in [6.45, 7) is 1.35. The van der Waals surface area contributed by atoms with E-state index in [-0.39, 0.29) is 5.91 Å². The van der Waals surface area contributed by atoms with Crippen molar-refractivity contribution in [3.63, 3.8) is 0 Å². The second-order valence-corrected chi connectivity index (χ2v) is 5.02. The van der Waals surface area contributed by atoms with Gasteiger partial charge < -0.3 is 4.90 Å². The van der Waals surface area contributed by atoms with E-state index in [1.807, 2.05) is 17.0 Å². The van der Waals surface area contributed by atoms with Gasteiger partial charge in [0.15, 0.2) is 0 Å². The van der Waals surface area contributed by atoms with Gasteiger partial charge in [-0.1, -0.05) is 24.3 Å². The smallest absolute Gasteiger partial charge is 0.257 e. The van der Waals surface area contributed by atoms with Gasteiger partial charge in [0.25, 0.3) is 5.91 Å². The summed E-state index contributed by atoms with van der Waals surface area (Å²) in [6.07, 6.45) is 1.67. The van der Waals surface area contributed by atoms with Gasteiger partial charge in [0.1, 0.15) is 4.60 Å². The van der Waals surface area contributed by atoms with Crippen LogP contribution in [0.3, 0.4) is 0 Å². The predicted octanol–water partition coefficient (Wildman–Crippen LogP) is 3.00. The number of hydrogen-bond acceptors (Lipinski definition) is 2. The fraction of sp³-hybridized carbons (Fsp3) is 0.143. The van der Waals surface area contributed by atoms with Crippen molar-refractivity contribution in [3.05, 3.63) is 63.9 Å². The van der Waals surface area contributed by atoms with Crippen LogP contribution in [0.2, 0.25) is 0 Å². The summed E-state index contributed by atoms with van der Waals surface area (Å²) in [5.74, 6) is 0.0196. The van der Waals surface area contributed by atoms with E-state index < -0.39 is 0 Å². The molecule has 0 saturated heterocycles. The van der Waals surface area contributed by atoms with Crippen molar-refractivity contribution in [1.29, 1.82) is 0 Å². The normalized spacial score (nSPS) is 13.5. The standard InChI is InChI=1S/C14H11BrN2O/c15-13-12(6-3-7-16-13)14(18)17-8-10-4-1-2-5-11(10)9-17/h1-7H,8-9H2. The summed E-state index contributed by atoms with van der Waals surface area (Å²) in [6, 6.07) is 11.7. The molecule has 1 aliphatic heterocycles. The minimum absolute atomic E-state index is 0.0196. The predicted molar refractivity (Wildman–Crippen MR) is 72.0 cm³/mol. The van der Waals surface area contributed by atoms with Gasteiger partial charge in [-0.05, 0) is 39.2 Å².